The highest BCUT2D eigenvalue weighted by Gasteiger charge is 2.28. The quantitative estimate of drug-likeness (QED) is 0.601. The van der Waals surface area contributed by atoms with Crippen LogP contribution in [0.25, 0.3) is 21.9 Å². The summed E-state index contributed by atoms with van der Waals surface area (Å²) in [5.74, 6) is 1.92. The number of aromatic nitrogens is 1. The average Bonchev–Trinajstić information content (AvgIpc) is 3.17. The van der Waals surface area contributed by atoms with Crippen molar-refractivity contribution in [1.29, 1.82) is 0 Å². The summed E-state index contributed by atoms with van der Waals surface area (Å²) in [4.78, 5) is 22.0. The number of anilines is 1. The van der Waals surface area contributed by atoms with Crippen LogP contribution in [0.3, 0.4) is 0 Å². The minimum atomic E-state index is -0.301. The Labute approximate surface area is 181 Å². The maximum absolute atomic E-state index is 12.6. The van der Waals surface area contributed by atoms with E-state index in [2.05, 4.69) is 16.8 Å². The van der Waals surface area contributed by atoms with Crippen LogP contribution < -0.4 is 14.4 Å². The van der Waals surface area contributed by atoms with E-state index in [0.29, 0.717) is 17.1 Å². The highest BCUT2D eigenvalue weighted by atomic mass is 16.5. The Hall–Kier alpha value is -3.32. The number of carbonyl (C=O) groups excluding carboxylic acids is 1. The van der Waals surface area contributed by atoms with Crippen LogP contribution in [-0.2, 0) is 11.3 Å². The number of benzene rings is 2. The third kappa shape index (κ3) is 3.35. The summed E-state index contributed by atoms with van der Waals surface area (Å²) < 4.78 is 16.4. The molecule has 2 aliphatic rings. The van der Waals surface area contributed by atoms with E-state index >= 15 is 0 Å². The van der Waals surface area contributed by atoms with Crippen molar-refractivity contribution in [2.45, 2.75) is 6.61 Å². The van der Waals surface area contributed by atoms with Crippen molar-refractivity contribution >= 4 is 22.6 Å². The van der Waals surface area contributed by atoms with Crippen LogP contribution in [0.2, 0.25) is 0 Å². The highest BCUT2D eigenvalue weighted by molar-refractivity contribution is 6.11. The monoisotopic (exact) mass is 419 g/mol. The molecular formula is C24H25N3O4. The summed E-state index contributed by atoms with van der Waals surface area (Å²) in [6.45, 7) is 4.23. The van der Waals surface area contributed by atoms with Gasteiger partial charge in [-0.1, -0.05) is 0 Å². The van der Waals surface area contributed by atoms with E-state index in [1.165, 1.54) is 0 Å². The number of likely N-dealkylation sites (N-methyl/N-ethyl adjacent to an activating group) is 1. The first-order valence-electron chi connectivity index (χ1n) is 10.4. The minimum Gasteiger partial charge on any atom is -0.493 e. The molecule has 0 amide bonds. The predicted molar refractivity (Wildman–Crippen MR) is 119 cm³/mol. The fraction of sp³-hybridized carbons (Fsp3) is 0.333. The minimum absolute atomic E-state index is 0.276. The van der Waals surface area contributed by atoms with Crippen molar-refractivity contribution in [3.63, 3.8) is 0 Å². The fourth-order valence-corrected chi connectivity index (χ4v) is 4.40. The summed E-state index contributed by atoms with van der Waals surface area (Å²) in [5, 5.41) is 1.87. The van der Waals surface area contributed by atoms with Gasteiger partial charge in [0.05, 0.1) is 19.8 Å². The first-order chi connectivity index (χ1) is 15.1. The summed E-state index contributed by atoms with van der Waals surface area (Å²) >= 11 is 0. The zero-order chi connectivity index (χ0) is 21.5. The number of piperazine rings is 1. The number of hydrogen-bond acceptors (Lipinski definition) is 7. The van der Waals surface area contributed by atoms with Gasteiger partial charge in [0.15, 0.2) is 11.5 Å². The topological polar surface area (TPSA) is 64.1 Å². The number of ether oxygens (including phenoxy) is 3. The molecule has 0 saturated carbocycles. The SMILES string of the molecule is COc1cc2cc3c(c(-c4ccc(N5CCN(C)CC5)nc4)c2cc1OC)C(=O)OC3. The normalized spacial score (nSPS) is 16.4. The number of carbonyl (C=O) groups is 1. The zero-order valence-electron chi connectivity index (χ0n) is 18.0. The molecule has 1 aromatic heterocycles. The third-order valence-electron chi connectivity index (χ3n) is 6.15. The van der Waals surface area contributed by atoms with E-state index < -0.39 is 0 Å². The number of esters is 1. The number of rotatable bonds is 4. The molecule has 0 N–H and O–H groups in total. The maximum atomic E-state index is 12.6. The van der Waals surface area contributed by atoms with Crippen LogP contribution in [0.4, 0.5) is 5.82 Å². The second-order valence-electron chi connectivity index (χ2n) is 7.99. The van der Waals surface area contributed by atoms with Gasteiger partial charge in [-0.15, -0.1) is 0 Å². The Morgan fingerprint density at radius 1 is 0.968 bits per heavy atom. The highest BCUT2D eigenvalue weighted by Crippen LogP contribution is 2.42. The molecule has 160 valence electrons. The molecule has 0 bridgehead atoms. The van der Waals surface area contributed by atoms with Crippen molar-refractivity contribution in [1.82, 2.24) is 9.88 Å². The molecule has 2 aromatic carbocycles. The van der Waals surface area contributed by atoms with Gasteiger partial charge in [-0.2, -0.15) is 0 Å². The number of pyridine rings is 1. The molecule has 3 aromatic rings. The van der Waals surface area contributed by atoms with E-state index in [1.807, 2.05) is 36.5 Å². The van der Waals surface area contributed by atoms with E-state index in [4.69, 9.17) is 19.2 Å². The van der Waals surface area contributed by atoms with Gasteiger partial charge in [0.25, 0.3) is 0 Å². The number of cyclic esters (lactones) is 1. The van der Waals surface area contributed by atoms with Crippen molar-refractivity contribution < 1.29 is 19.0 Å². The fourth-order valence-electron chi connectivity index (χ4n) is 4.40. The lowest BCUT2D eigenvalue weighted by atomic mass is 9.91. The van der Waals surface area contributed by atoms with Gasteiger partial charge < -0.3 is 24.0 Å². The molecule has 7 heteroatoms. The van der Waals surface area contributed by atoms with E-state index in [0.717, 1.165) is 59.5 Å². The number of fused-ring (bicyclic) bond motifs is 2. The zero-order valence-corrected chi connectivity index (χ0v) is 18.0. The lowest BCUT2D eigenvalue weighted by Gasteiger charge is -2.33. The van der Waals surface area contributed by atoms with Gasteiger partial charge in [-0.3, -0.25) is 0 Å². The number of nitrogens with zero attached hydrogens (tertiary/aromatic N) is 3. The first-order valence-corrected chi connectivity index (χ1v) is 10.4. The molecule has 3 heterocycles. The van der Waals surface area contributed by atoms with Gasteiger partial charge in [-0.25, -0.2) is 9.78 Å². The standard InChI is InChI=1S/C24H25N3O4/c1-26-6-8-27(9-7-26)21-5-4-15(13-25-21)22-18-12-20(30-3)19(29-2)11-16(18)10-17-14-31-24(28)23(17)22/h4-5,10-13H,6-9,14H2,1-3H3. The van der Waals surface area contributed by atoms with Crippen molar-refractivity contribution in [2.24, 2.45) is 0 Å². The van der Waals surface area contributed by atoms with E-state index in [9.17, 15) is 4.79 Å². The second kappa shape index (κ2) is 7.74. The van der Waals surface area contributed by atoms with Crippen LogP contribution in [0.1, 0.15) is 15.9 Å². The molecule has 31 heavy (non-hydrogen) atoms. The molecule has 7 nitrogen and oxygen atoms in total. The molecule has 1 saturated heterocycles. The van der Waals surface area contributed by atoms with Crippen LogP contribution in [0, 0.1) is 0 Å². The van der Waals surface area contributed by atoms with Crippen LogP contribution in [0.15, 0.2) is 36.5 Å². The van der Waals surface area contributed by atoms with Gasteiger partial charge in [0.2, 0.25) is 0 Å². The second-order valence-corrected chi connectivity index (χ2v) is 7.99. The van der Waals surface area contributed by atoms with Gasteiger partial charge in [0, 0.05) is 49.1 Å². The maximum Gasteiger partial charge on any atom is 0.339 e. The summed E-state index contributed by atoms with van der Waals surface area (Å²) in [7, 11) is 5.36. The lowest BCUT2D eigenvalue weighted by molar-refractivity contribution is 0.0535. The van der Waals surface area contributed by atoms with Gasteiger partial charge in [0.1, 0.15) is 12.4 Å². The molecule has 5 rings (SSSR count). The largest absolute Gasteiger partial charge is 0.493 e. The first kappa shape index (κ1) is 19.6. The molecule has 0 radical (unpaired) electrons. The molecule has 0 unspecified atom stereocenters. The lowest BCUT2D eigenvalue weighted by Crippen LogP contribution is -2.44. The summed E-state index contributed by atoms with van der Waals surface area (Å²) in [5.41, 5.74) is 3.19. The van der Waals surface area contributed by atoms with Crippen molar-refractivity contribution in [3.8, 4) is 22.6 Å². The Bertz CT molecular complexity index is 1150. The molecular weight excluding hydrogens is 394 g/mol. The number of methoxy groups -OCH3 is 2. The Balaban J connectivity index is 1.64. The van der Waals surface area contributed by atoms with E-state index in [-0.39, 0.29) is 12.6 Å². The molecule has 1 fully saturated rings. The van der Waals surface area contributed by atoms with Crippen LogP contribution in [-0.4, -0.2) is 63.3 Å². The number of hydrogen-bond donors (Lipinski definition) is 0. The molecule has 0 atom stereocenters. The van der Waals surface area contributed by atoms with Gasteiger partial charge in [-0.05, 0) is 48.2 Å². The Morgan fingerprint density at radius 3 is 2.39 bits per heavy atom. The Kier molecular flexibility index (Phi) is 4.90. The average molecular weight is 419 g/mol. The smallest absolute Gasteiger partial charge is 0.339 e. The third-order valence-corrected chi connectivity index (χ3v) is 6.15. The predicted octanol–water partition coefficient (Wildman–Crippen LogP) is 3.34. The van der Waals surface area contributed by atoms with Crippen LogP contribution >= 0.6 is 0 Å². The molecule has 0 aliphatic carbocycles. The van der Waals surface area contributed by atoms with E-state index in [1.54, 1.807) is 14.2 Å². The molecule has 2 aliphatic heterocycles. The van der Waals surface area contributed by atoms with Crippen molar-refractivity contribution in [2.75, 3.05) is 52.3 Å². The molecule has 0 spiro atoms. The summed E-state index contributed by atoms with van der Waals surface area (Å²) in [6.07, 6.45) is 1.85. The Morgan fingerprint density at radius 2 is 1.71 bits per heavy atom. The summed E-state index contributed by atoms with van der Waals surface area (Å²) in [6, 6.07) is 9.93. The van der Waals surface area contributed by atoms with Gasteiger partial charge >= 0.3 is 5.97 Å². The van der Waals surface area contributed by atoms with Crippen LogP contribution in [0.5, 0.6) is 11.5 Å². The van der Waals surface area contributed by atoms with Crippen molar-refractivity contribution in [3.05, 3.63) is 47.7 Å².